The van der Waals surface area contributed by atoms with Crippen molar-refractivity contribution in [3.63, 3.8) is 0 Å². The highest BCUT2D eigenvalue weighted by molar-refractivity contribution is 6.42. The molecule has 31 heavy (non-hydrogen) atoms. The van der Waals surface area contributed by atoms with E-state index in [0.717, 1.165) is 37.2 Å². The van der Waals surface area contributed by atoms with Crippen molar-refractivity contribution in [3.8, 4) is 0 Å². The third-order valence-electron chi connectivity index (χ3n) is 6.29. The maximum atomic E-state index is 6.19. The van der Waals surface area contributed by atoms with E-state index in [1.165, 1.54) is 18.4 Å². The first-order valence-electron chi connectivity index (χ1n) is 11.1. The monoisotopic (exact) mass is 459 g/mol. The van der Waals surface area contributed by atoms with Crippen LogP contribution in [0.3, 0.4) is 0 Å². The average molecular weight is 460 g/mol. The Morgan fingerprint density at radius 3 is 2.52 bits per heavy atom. The molecule has 166 valence electrons. The summed E-state index contributed by atoms with van der Waals surface area (Å²) in [5.41, 5.74) is 3.07. The lowest BCUT2D eigenvalue weighted by Crippen LogP contribution is -2.47. The van der Waals surface area contributed by atoms with Crippen LogP contribution in [0.1, 0.15) is 39.2 Å². The van der Waals surface area contributed by atoms with Crippen molar-refractivity contribution in [1.82, 2.24) is 9.88 Å². The number of likely N-dealkylation sites (tertiary alicyclic amines) is 1. The fourth-order valence-corrected chi connectivity index (χ4v) is 4.57. The second kappa shape index (κ2) is 9.40. The number of para-hydroxylation sites is 2. The van der Waals surface area contributed by atoms with Gasteiger partial charge in [-0.25, -0.2) is 0 Å². The molecule has 0 aliphatic carbocycles. The first kappa shape index (κ1) is 22.4. The number of fused-ring (bicyclic) bond motifs is 1. The fourth-order valence-electron chi connectivity index (χ4n) is 4.25. The Hall–Kier alpha value is -1.75. The third kappa shape index (κ3) is 5.74. The molecule has 1 aromatic heterocycles. The topological polar surface area (TPSA) is 41.3 Å². The normalized spacial score (nSPS) is 17.2. The van der Waals surface area contributed by atoms with Crippen molar-refractivity contribution in [2.45, 2.75) is 46.1 Å². The predicted octanol–water partition coefficient (Wildman–Crippen LogP) is 6.92. The van der Waals surface area contributed by atoms with Crippen LogP contribution >= 0.6 is 23.2 Å². The smallest absolute Gasteiger partial charge is 0.295 e. The number of halogens is 2. The van der Waals surface area contributed by atoms with Crippen molar-refractivity contribution >= 4 is 40.3 Å². The summed E-state index contributed by atoms with van der Waals surface area (Å²) in [6, 6.07) is 14.8. The standard InChI is InChI=1S/C25H31Cl2N3O/c1-25(2,3)23(29-24-28-21-6-4-5-7-22(21)31-24)16-30-12-10-17(11-13-30)14-18-8-9-19(26)20(27)15-18/h4-9,15,17,23H,10-14,16H2,1-3H3,(H,28,29). The van der Waals surface area contributed by atoms with Crippen molar-refractivity contribution in [2.75, 3.05) is 25.0 Å². The maximum Gasteiger partial charge on any atom is 0.295 e. The molecule has 0 bridgehead atoms. The molecule has 4 rings (SSSR count). The minimum Gasteiger partial charge on any atom is -0.424 e. The first-order valence-corrected chi connectivity index (χ1v) is 11.8. The number of rotatable bonds is 6. The van der Waals surface area contributed by atoms with Crippen LogP contribution in [-0.4, -0.2) is 35.6 Å². The molecule has 1 saturated heterocycles. The molecule has 1 aliphatic heterocycles. The average Bonchev–Trinajstić information content (AvgIpc) is 3.13. The number of hydrogen-bond donors (Lipinski definition) is 1. The summed E-state index contributed by atoms with van der Waals surface area (Å²) in [4.78, 5) is 7.18. The fraction of sp³-hybridized carbons (Fsp3) is 0.480. The molecule has 0 radical (unpaired) electrons. The molecule has 1 N–H and O–H groups in total. The van der Waals surface area contributed by atoms with E-state index in [0.29, 0.717) is 22.0 Å². The number of piperidine rings is 1. The number of anilines is 1. The summed E-state index contributed by atoms with van der Waals surface area (Å²) < 4.78 is 5.92. The van der Waals surface area contributed by atoms with Crippen LogP contribution in [0.2, 0.25) is 10.0 Å². The lowest BCUT2D eigenvalue weighted by molar-refractivity contribution is 0.152. The van der Waals surface area contributed by atoms with Gasteiger partial charge in [0, 0.05) is 12.6 Å². The summed E-state index contributed by atoms with van der Waals surface area (Å²) in [5, 5.41) is 4.84. The molecule has 0 saturated carbocycles. The summed E-state index contributed by atoms with van der Waals surface area (Å²) in [5.74, 6) is 0.687. The van der Waals surface area contributed by atoms with Crippen molar-refractivity contribution in [2.24, 2.45) is 11.3 Å². The lowest BCUT2D eigenvalue weighted by Gasteiger charge is -2.38. The number of benzene rings is 2. The molecule has 1 atom stereocenters. The van der Waals surface area contributed by atoms with E-state index in [-0.39, 0.29) is 11.5 Å². The van der Waals surface area contributed by atoms with Crippen LogP contribution < -0.4 is 5.32 Å². The van der Waals surface area contributed by atoms with E-state index in [1.54, 1.807) is 0 Å². The number of hydrogen-bond acceptors (Lipinski definition) is 4. The zero-order chi connectivity index (χ0) is 22.0. The Kier molecular flexibility index (Phi) is 6.80. The quantitative estimate of drug-likeness (QED) is 0.434. The predicted molar refractivity (Wildman–Crippen MR) is 130 cm³/mol. The summed E-state index contributed by atoms with van der Waals surface area (Å²) in [6.07, 6.45) is 3.45. The van der Waals surface area contributed by atoms with Gasteiger partial charge in [-0.15, -0.1) is 0 Å². The van der Waals surface area contributed by atoms with E-state index in [2.05, 4.69) is 42.0 Å². The lowest BCUT2D eigenvalue weighted by atomic mass is 9.85. The third-order valence-corrected chi connectivity index (χ3v) is 7.03. The Morgan fingerprint density at radius 1 is 1.10 bits per heavy atom. The van der Waals surface area contributed by atoms with Crippen LogP contribution in [0.15, 0.2) is 46.9 Å². The molecule has 0 amide bonds. The van der Waals surface area contributed by atoms with Gasteiger partial charge in [0.1, 0.15) is 5.52 Å². The molecule has 4 nitrogen and oxygen atoms in total. The maximum absolute atomic E-state index is 6.19. The molecular formula is C25H31Cl2N3O. The van der Waals surface area contributed by atoms with Crippen LogP contribution in [-0.2, 0) is 6.42 Å². The van der Waals surface area contributed by atoms with Crippen LogP contribution in [0.4, 0.5) is 6.01 Å². The molecule has 1 aliphatic rings. The molecule has 1 fully saturated rings. The number of oxazole rings is 1. The summed E-state index contributed by atoms with van der Waals surface area (Å²) >= 11 is 12.2. The number of nitrogens with zero attached hydrogens (tertiary/aromatic N) is 2. The minimum atomic E-state index is 0.0809. The van der Waals surface area contributed by atoms with Gasteiger partial charge < -0.3 is 14.6 Å². The summed E-state index contributed by atoms with van der Waals surface area (Å²) in [6.45, 7) is 9.99. The second-order valence-corrected chi connectivity index (χ2v) is 10.6. The van der Waals surface area contributed by atoms with E-state index >= 15 is 0 Å². The first-order chi connectivity index (χ1) is 14.8. The second-order valence-electron chi connectivity index (χ2n) is 9.75. The van der Waals surface area contributed by atoms with Gasteiger partial charge in [0.2, 0.25) is 0 Å². The molecule has 0 spiro atoms. The molecular weight excluding hydrogens is 429 g/mol. The van der Waals surface area contributed by atoms with Gasteiger partial charge in [-0.3, -0.25) is 0 Å². The highest BCUT2D eigenvalue weighted by Crippen LogP contribution is 2.29. The Balaban J connectivity index is 1.34. The number of aromatic nitrogens is 1. The molecule has 1 unspecified atom stereocenters. The SMILES string of the molecule is CC(C)(C)C(CN1CCC(Cc2ccc(Cl)c(Cl)c2)CC1)Nc1nc2ccccc2o1. The van der Waals surface area contributed by atoms with Gasteiger partial charge >= 0.3 is 0 Å². The molecule has 2 aromatic carbocycles. The highest BCUT2D eigenvalue weighted by atomic mass is 35.5. The van der Waals surface area contributed by atoms with Crippen molar-refractivity contribution < 1.29 is 4.42 Å². The minimum absolute atomic E-state index is 0.0809. The Morgan fingerprint density at radius 2 is 1.84 bits per heavy atom. The Bertz CT molecular complexity index is 986. The van der Waals surface area contributed by atoms with Crippen molar-refractivity contribution in [1.29, 1.82) is 0 Å². The molecule has 2 heterocycles. The van der Waals surface area contributed by atoms with E-state index in [9.17, 15) is 0 Å². The summed E-state index contributed by atoms with van der Waals surface area (Å²) in [7, 11) is 0. The van der Waals surface area contributed by atoms with Gasteiger partial charge in [-0.1, -0.05) is 62.2 Å². The molecule has 3 aromatic rings. The largest absolute Gasteiger partial charge is 0.424 e. The van der Waals surface area contributed by atoms with E-state index < -0.39 is 0 Å². The van der Waals surface area contributed by atoms with Crippen molar-refractivity contribution in [3.05, 3.63) is 58.1 Å². The van der Waals surface area contributed by atoms with Crippen LogP contribution in [0.5, 0.6) is 0 Å². The van der Waals surface area contributed by atoms with E-state index in [4.69, 9.17) is 27.6 Å². The highest BCUT2D eigenvalue weighted by Gasteiger charge is 2.30. The van der Waals surface area contributed by atoms with Gasteiger partial charge in [-0.2, -0.15) is 4.98 Å². The van der Waals surface area contributed by atoms with Gasteiger partial charge in [0.15, 0.2) is 5.58 Å². The molecule has 6 heteroatoms. The van der Waals surface area contributed by atoms with Crippen LogP contribution in [0.25, 0.3) is 11.1 Å². The Labute approximate surface area is 194 Å². The van der Waals surface area contributed by atoms with Crippen LogP contribution in [0, 0.1) is 11.3 Å². The van der Waals surface area contributed by atoms with Gasteiger partial charge in [0.25, 0.3) is 6.01 Å². The zero-order valence-corrected chi connectivity index (χ0v) is 20.0. The number of nitrogens with one attached hydrogen (secondary N) is 1. The zero-order valence-electron chi connectivity index (χ0n) is 18.5. The van der Waals surface area contributed by atoms with Gasteiger partial charge in [-0.05, 0) is 73.5 Å². The van der Waals surface area contributed by atoms with Gasteiger partial charge in [0.05, 0.1) is 10.0 Å². The van der Waals surface area contributed by atoms with E-state index in [1.807, 2.05) is 36.4 Å².